The quantitative estimate of drug-likeness (QED) is 0.249. The highest BCUT2D eigenvalue weighted by Gasteiger charge is 2.73. The Balaban J connectivity index is 1.39. The van der Waals surface area contributed by atoms with Crippen LogP contribution in [-0.2, 0) is 34.2 Å². The van der Waals surface area contributed by atoms with Crippen LogP contribution in [0.2, 0.25) is 0 Å². The Bertz CT molecular complexity index is 1890. The van der Waals surface area contributed by atoms with Gasteiger partial charge in [-0.15, -0.1) is 18.7 Å². The third-order valence-electron chi connectivity index (χ3n) is 9.69. The fourth-order valence-electron chi connectivity index (χ4n) is 7.06. The monoisotopic (exact) mass is 766 g/mol. The molecule has 2 aromatic rings. The summed E-state index contributed by atoms with van der Waals surface area (Å²) >= 11 is 0. The SMILES string of the molecule is O=C1c2ccc(C(c3ccc4c(c3)C(=O)N(OS(=O)(=O)C3CCCCC3)C4=O)(C(F)(F)F)C(F)(F)F)cc2C(=O)N1OS(=O)(=O)C1CCCCC1. The summed E-state index contributed by atoms with van der Waals surface area (Å²) < 4.78 is 151. The zero-order chi connectivity index (χ0) is 37.3. The average molecular weight is 767 g/mol. The van der Waals surface area contributed by atoms with Gasteiger partial charge in [-0.1, -0.05) is 50.7 Å². The molecule has 0 saturated heterocycles. The number of nitrogens with zero attached hydrogens (tertiary/aromatic N) is 2. The Morgan fingerprint density at radius 1 is 0.510 bits per heavy atom. The summed E-state index contributed by atoms with van der Waals surface area (Å²) in [5.74, 6) is -6.13. The number of amides is 4. The van der Waals surface area contributed by atoms with Crippen molar-refractivity contribution in [3.8, 4) is 0 Å². The lowest BCUT2D eigenvalue weighted by molar-refractivity contribution is -0.288. The molecular formula is C31H28F6N2O10S2. The van der Waals surface area contributed by atoms with Crippen LogP contribution >= 0.6 is 0 Å². The number of hydroxylamine groups is 4. The predicted molar refractivity (Wildman–Crippen MR) is 161 cm³/mol. The molecule has 0 spiro atoms. The fourth-order valence-corrected chi connectivity index (χ4v) is 9.81. The van der Waals surface area contributed by atoms with Gasteiger partial charge in [-0.2, -0.15) is 43.2 Å². The van der Waals surface area contributed by atoms with Crippen LogP contribution in [0.25, 0.3) is 0 Å². The van der Waals surface area contributed by atoms with E-state index in [4.69, 9.17) is 8.57 Å². The van der Waals surface area contributed by atoms with Gasteiger partial charge < -0.3 is 0 Å². The van der Waals surface area contributed by atoms with Crippen molar-refractivity contribution in [3.63, 3.8) is 0 Å². The molecule has 0 unspecified atom stereocenters. The summed E-state index contributed by atoms with van der Waals surface area (Å²) in [6, 6.07) is 1.80. The maximum atomic E-state index is 15.1. The van der Waals surface area contributed by atoms with E-state index in [0.717, 1.165) is 12.8 Å². The number of rotatable bonds is 8. The summed E-state index contributed by atoms with van der Waals surface area (Å²) in [5, 5.41) is -2.65. The normalized spacial score (nSPS) is 20.0. The summed E-state index contributed by atoms with van der Waals surface area (Å²) in [4.78, 5) is 52.3. The molecular weight excluding hydrogens is 738 g/mol. The van der Waals surface area contributed by atoms with Crippen LogP contribution in [-0.4, -0.2) is 73.4 Å². The van der Waals surface area contributed by atoms with Gasteiger partial charge in [0.25, 0.3) is 43.9 Å². The van der Waals surface area contributed by atoms with Crippen molar-refractivity contribution in [2.24, 2.45) is 0 Å². The van der Waals surface area contributed by atoms with Gasteiger partial charge in [-0.05, 0) is 61.1 Å². The Morgan fingerprint density at radius 3 is 1.14 bits per heavy atom. The third-order valence-corrected chi connectivity index (χ3v) is 13.0. The number of alkyl halides is 6. The fraction of sp³-hybridized carbons (Fsp3) is 0.484. The lowest BCUT2D eigenvalue weighted by Crippen LogP contribution is -2.55. The Labute approximate surface area is 286 Å². The first-order valence-electron chi connectivity index (χ1n) is 15.8. The summed E-state index contributed by atoms with van der Waals surface area (Å²) in [6.45, 7) is 0. The molecule has 0 radical (unpaired) electrons. The Morgan fingerprint density at radius 2 is 0.824 bits per heavy atom. The number of hydrogen-bond acceptors (Lipinski definition) is 10. The lowest BCUT2D eigenvalue weighted by Gasteiger charge is -2.38. The van der Waals surface area contributed by atoms with Gasteiger partial charge in [0.05, 0.1) is 32.8 Å². The second kappa shape index (κ2) is 12.7. The molecule has 0 aromatic heterocycles. The minimum Gasteiger partial charge on any atom is -0.266 e. The maximum absolute atomic E-state index is 15.1. The van der Waals surface area contributed by atoms with Gasteiger partial charge >= 0.3 is 12.4 Å². The van der Waals surface area contributed by atoms with Crippen LogP contribution in [0, 0.1) is 0 Å². The molecule has 2 saturated carbocycles. The lowest BCUT2D eigenvalue weighted by atomic mass is 9.71. The van der Waals surface area contributed by atoms with E-state index in [-0.39, 0.29) is 60.1 Å². The van der Waals surface area contributed by atoms with Gasteiger partial charge in [-0.3, -0.25) is 19.2 Å². The Hall–Kier alpha value is -3.88. The van der Waals surface area contributed by atoms with Gasteiger partial charge in [0, 0.05) is 0 Å². The molecule has 4 amide bonds. The first-order chi connectivity index (χ1) is 23.7. The first-order valence-corrected chi connectivity index (χ1v) is 18.7. The molecule has 0 bridgehead atoms. The van der Waals surface area contributed by atoms with E-state index in [2.05, 4.69) is 0 Å². The zero-order valence-corrected chi connectivity index (χ0v) is 27.9. The minimum atomic E-state index is -6.27. The highest BCUT2D eigenvalue weighted by atomic mass is 32.2. The highest BCUT2D eigenvalue weighted by molar-refractivity contribution is 7.87. The van der Waals surface area contributed by atoms with Crippen molar-refractivity contribution in [3.05, 3.63) is 69.8 Å². The molecule has 51 heavy (non-hydrogen) atoms. The van der Waals surface area contributed by atoms with E-state index in [9.17, 15) is 36.0 Å². The van der Waals surface area contributed by atoms with Crippen LogP contribution in [0.1, 0.15) is 117 Å². The number of imide groups is 2. The number of benzene rings is 2. The molecule has 276 valence electrons. The highest BCUT2D eigenvalue weighted by Crippen LogP contribution is 2.57. The van der Waals surface area contributed by atoms with Crippen molar-refractivity contribution < 1.29 is 70.9 Å². The first kappa shape index (κ1) is 36.9. The van der Waals surface area contributed by atoms with Crippen molar-refractivity contribution >= 4 is 43.9 Å². The summed E-state index contributed by atoms with van der Waals surface area (Å²) in [6.07, 6.45) is -8.50. The largest absolute Gasteiger partial charge is 0.411 e. The van der Waals surface area contributed by atoms with E-state index in [1.54, 1.807) is 0 Å². The van der Waals surface area contributed by atoms with Crippen LogP contribution in [0.15, 0.2) is 36.4 Å². The zero-order valence-electron chi connectivity index (χ0n) is 26.3. The minimum absolute atomic E-state index is 0.138. The topological polar surface area (TPSA) is 161 Å². The van der Waals surface area contributed by atoms with Gasteiger partial charge in [0.2, 0.25) is 5.41 Å². The molecule has 0 N–H and O–H groups in total. The van der Waals surface area contributed by atoms with E-state index in [0.29, 0.717) is 37.8 Å². The molecule has 20 heteroatoms. The summed E-state index contributed by atoms with van der Waals surface area (Å²) in [7, 11) is -9.21. The van der Waals surface area contributed by atoms with E-state index in [1.807, 2.05) is 0 Å². The van der Waals surface area contributed by atoms with E-state index >= 15 is 26.3 Å². The number of hydrogen-bond donors (Lipinski definition) is 0. The standard InChI is InChI=1S/C31H28F6N2O10S2/c32-30(33,34)29(31(35,36)37,17-11-13-21-23(15-17)27(42)38(25(21)40)48-50(44,45)19-7-3-1-4-8-19)18-12-14-22-24(16-18)28(43)39(26(22)41)49-51(46,47)20-9-5-2-6-10-20/h11-16,19-20H,1-10H2. The molecule has 2 aliphatic heterocycles. The molecule has 4 aliphatic rings. The molecule has 2 aromatic carbocycles. The van der Waals surface area contributed by atoms with E-state index in [1.165, 1.54) is 0 Å². The molecule has 2 fully saturated rings. The van der Waals surface area contributed by atoms with E-state index < -0.39 is 106 Å². The molecule has 2 heterocycles. The van der Waals surface area contributed by atoms with Crippen molar-refractivity contribution in [2.45, 2.75) is 92.5 Å². The van der Waals surface area contributed by atoms with Crippen LogP contribution in [0.4, 0.5) is 26.3 Å². The number of halogens is 6. The summed E-state index contributed by atoms with van der Waals surface area (Å²) in [5.41, 5.74) is -11.8. The third kappa shape index (κ3) is 6.02. The van der Waals surface area contributed by atoms with Crippen LogP contribution in [0.5, 0.6) is 0 Å². The smallest absolute Gasteiger partial charge is 0.266 e. The molecule has 0 atom stereocenters. The molecule has 6 rings (SSSR count). The van der Waals surface area contributed by atoms with Gasteiger partial charge in [0.15, 0.2) is 0 Å². The maximum Gasteiger partial charge on any atom is 0.411 e. The second-order valence-corrected chi connectivity index (χ2v) is 16.3. The van der Waals surface area contributed by atoms with Crippen molar-refractivity contribution in [1.82, 2.24) is 10.1 Å². The predicted octanol–water partition coefficient (Wildman–Crippen LogP) is 5.48. The molecule has 12 nitrogen and oxygen atoms in total. The van der Waals surface area contributed by atoms with Gasteiger partial charge in [-0.25, -0.2) is 0 Å². The number of fused-ring (bicyclic) bond motifs is 2. The van der Waals surface area contributed by atoms with Crippen LogP contribution in [0.3, 0.4) is 0 Å². The second-order valence-electron chi connectivity index (χ2n) is 12.7. The average Bonchev–Trinajstić information content (AvgIpc) is 3.43. The van der Waals surface area contributed by atoms with Crippen LogP contribution < -0.4 is 0 Å². The van der Waals surface area contributed by atoms with Crippen molar-refractivity contribution in [2.75, 3.05) is 0 Å². The number of carbonyl (C=O) groups excluding carboxylic acids is 4. The van der Waals surface area contributed by atoms with Crippen molar-refractivity contribution in [1.29, 1.82) is 0 Å². The Kier molecular flexibility index (Phi) is 9.16. The number of carbonyl (C=O) groups is 4. The molecule has 2 aliphatic carbocycles. The van der Waals surface area contributed by atoms with Gasteiger partial charge in [0.1, 0.15) is 0 Å².